The van der Waals surface area contributed by atoms with Gasteiger partial charge in [0.15, 0.2) is 0 Å². The van der Waals surface area contributed by atoms with Crippen LogP contribution in [0, 0.1) is 3.57 Å². The molecule has 0 aliphatic rings. The van der Waals surface area contributed by atoms with Crippen molar-refractivity contribution >= 4 is 39.9 Å². The molecule has 1 rings (SSSR count). The minimum atomic E-state index is 0.805. The van der Waals surface area contributed by atoms with Crippen molar-refractivity contribution in [1.29, 1.82) is 0 Å². The van der Waals surface area contributed by atoms with E-state index in [9.17, 15) is 0 Å². The Morgan fingerprint density at radius 2 is 1.82 bits per heavy atom. The molecule has 1 aromatic carbocycles. The first kappa shape index (κ1) is 15.1. The van der Waals surface area contributed by atoms with Crippen LogP contribution in [0.3, 0.4) is 0 Å². The van der Waals surface area contributed by atoms with Crippen LogP contribution < -0.4 is 5.32 Å². The van der Waals surface area contributed by atoms with Crippen LogP contribution in [0.15, 0.2) is 18.2 Å². The van der Waals surface area contributed by atoms with Crippen molar-refractivity contribution < 1.29 is 0 Å². The monoisotopic (exact) mass is 365 g/mol. The number of hydrogen-bond donors (Lipinski definition) is 1. The average Bonchev–Trinajstić information content (AvgIpc) is 2.30. The van der Waals surface area contributed by atoms with E-state index in [1.54, 1.807) is 0 Å². The maximum Gasteiger partial charge on any atom is 0.0476 e. The van der Waals surface area contributed by atoms with E-state index < -0.39 is 0 Å². The summed E-state index contributed by atoms with van der Waals surface area (Å²) in [7, 11) is 0. The van der Waals surface area contributed by atoms with Crippen molar-refractivity contribution in [2.75, 3.05) is 11.9 Å². The summed E-state index contributed by atoms with van der Waals surface area (Å²) >= 11 is 8.24. The van der Waals surface area contributed by atoms with E-state index in [4.69, 9.17) is 11.6 Å². The third-order valence-corrected chi connectivity index (χ3v) is 3.90. The summed E-state index contributed by atoms with van der Waals surface area (Å²) < 4.78 is 1.20. The predicted octanol–water partition coefficient (Wildman–Crippen LogP) is 5.72. The van der Waals surface area contributed by atoms with Crippen LogP contribution in [0.4, 0.5) is 5.69 Å². The molecule has 0 bridgehead atoms. The Morgan fingerprint density at radius 1 is 1.12 bits per heavy atom. The van der Waals surface area contributed by atoms with Crippen LogP contribution in [-0.4, -0.2) is 6.54 Å². The van der Waals surface area contributed by atoms with E-state index in [1.165, 1.54) is 47.8 Å². The fraction of sp³-hybridized carbons (Fsp3) is 0.571. The van der Waals surface area contributed by atoms with Gasteiger partial charge in [0.25, 0.3) is 0 Å². The molecule has 1 aromatic rings. The van der Waals surface area contributed by atoms with Gasteiger partial charge in [0.05, 0.1) is 0 Å². The van der Waals surface area contributed by atoms with Gasteiger partial charge in [0.1, 0.15) is 0 Å². The molecule has 0 amide bonds. The van der Waals surface area contributed by atoms with E-state index in [0.717, 1.165) is 11.6 Å². The minimum absolute atomic E-state index is 0.805. The van der Waals surface area contributed by atoms with Crippen molar-refractivity contribution in [3.63, 3.8) is 0 Å². The van der Waals surface area contributed by atoms with Crippen LogP contribution in [0.5, 0.6) is 0 Å². The van der Waals surface area contributed by atoms with Crippen molar-refractivity contribution in [3.8, 4) is 0 Å². The number of benzene rings is 1. The van der Waals surface area contributed by atoms with Crippen LogP contribution in [-0.2, 0) is 0 Å². The molecule has 0 saturated heterocycles. The van der Waals surface area contributed by atoms with Gasteiger partial charge in [-0.1, -0.05) is 50.6 Å². The first-order chi connectivity index (χ1) is 8.24. The molecule has 1 N–H and O–H groups in total. The highest BCUT2D eigenvalue weighted by molar-refractivity contribution is 14.1. The third kappa shape index (κ3) is 6.51. The summed E-state index contributed by atoms with van der Waals surface area (Å²) in [5.74, 6) is 0. The summed E-state index contributed by atoms with van der Waals surface area (Å²) in [5.41, 5.74) is 1.20. The maximum atomic E-state index is 5.92. The quantitative estimate of drug-likeness (QED) is 0.459. The van der Waals surface area contributed by atoms with Crippen LogP contribution in [0.1, 0.15) is 45.4 Å². The molecule has 0 fully saturated rings. The maximum absolute atomic E-state index is 5.92. The summed E-state index contributed by atoms with van der Waals surface area (Å²) in [4.78, 5) is 0. The first-order valence-electron chi connectivity index (χ1n) is 6.43. The Bertz CT molecular complexity index is 328. The normalized spacial score (nSPS) is 10.5. The molecule has 3 heteroatoms. The number of unbranched alkanes of at least 4 members (excludes halogenated alkanes) is 5. The van der Waals surface area contributed by atoms with Crippen molar-refractivity contribution in [2.45, 2.75) is 45.4 Å². The Labute approximate surface area is 123 Å². The van der Waals surface area contributed by atoms with Gasteiger partial charge in [-0.25, -0.2) is 0 Å². The summed E-state index contributed by atoms with van der Waals surface area (Å²) in [6.45, 7) is 3.31. The molecule has 0 saturated carbocycles. The fourth-order valence-corrected chi connectivity index (χ4v) is 2.82. The molecule has 17 heavy (non-hydrogen) atoms. The van der Waals surface area contributed by atoms with Crippen LogP contribution in [0.25, 0.3) is 0 Å². The van der Waals surface area contributed by atoms with E-state index >= 15 is 0 Å². The molecule has 1 nitrogen and oxygen atoms in total. The molecule has 0 aromatic heterocycles. The molecule has 0 heterocycles. The SMILES string of the molecule is CCCCCCCCNc1ccc(Cl)cc1I. The van der Waals surface area contributed by atoms with Gasteiger partial charge >= 0.3 is 0 Å². The molecule has 0 atom stereocenters. The van der Waals surface area contributed by atoms with E-state index in [-0.39, 0.29) is 0 Å². The molecular formula is C14H21ClIN. The topological polar surface area (TPSA) is 12.0 Å². The zero-order valence-corrected chi connectivity index (χ0v) is 13.4. The lowest BCUT2D eigenvalue weighted by Crippen LogP contribution is -2.02. The molecule has 0 radical (unpaired) electrons. The lowest BCUT2D eigenvalue weighted by Gasteiger charge is -2.08. The Balaban J connectivity index is 2.14. The number of hydrogen-bond acceptors (Lipinski definition) is 1. The predicted molar refractivity (Wildman–Crippen MR) is 86.0 cm³/mol. The Hall–Kier alpha value is 0.0400. The highest BCUT2D eigenvalue weighted by Crippen LogP contribution is 2.22. The summed E-state index contributed by atoms with van der Waals surface area (Å²) in [6.07, 6.45) is 8.03. The highest BCUT2D eigenvalue weighted by Gasteiger charge is 1.99. The summed E-state index contributed by atoms with van der Waals surface area (Å²) in [6, 6.07) is 5.99. The lowest BCUT2D eigenvalue weighted by molar-refractivity contribution is 0.617. The Morgan fingerprint density at radius 3 is 2.53 bits per heavy atom. The van der Waals surface area contributed by atoms with Crippen molar-refractivity contribution in [2.24, 2.45) is 0 Å². The van der Waals surface area contributed by atoms with Gasteiger partial charge in [-0.05, 0) is 47.2 Å². The van der Waals surface area contributed by atoms with Gasteiger partial charge in [0.2, 0.25) is 0 Å². The molecular weight excluding hydrogens is 345 g/mol. The van der Waals surface area contributed by atoms with Crippen LogP contribution >= 0.6 is 34.2 Å². The van der Waals surface area contributed by atoms with Gasteiger partial charge in [-0.15, -0.1) is 0 Å². The largest absolute Gasteiger partial charge is 0.384 e. The van der Waals surface area contributed by atoms with E-state index in [0.29, 0.717) is 0 Å². The second-order valence-electron chi connectivity index (χ2n) is 4.32. The first-order valence-corrected chi connectivity index (χ1v) is 7.88. The number of nitrogens with one attached hydrogen (secondary N) is 1. The van der Waals surface area contributed by atoms with Crippen LogP contribution in [0.2, 0.25) is 5.02 Å². The zero-order chi connectivity index (χ0) is 12.5. The molecule has 0 aliphatic heterocycles. The minimum Gasteiger partial charge on any atom is -0.384 e. The number of rotatable bonds is 8. The molecule has 0 aliphatic carbocycles. The number of anilines is 1. The van der Waals surface area contributed by atoms with Gasteiger partial charge in [-0.3, -0.25) is 0 Å². The summed E-state index contributed by atoms with van der Waals surface area (Å²) in [5, 5.41) is 4.27. The third-order valence-electron chi connectivity index (χ3n) is 2.78. The van der Waals surface area contributed by atoms with Crippen molar-refractivity contribution in [3.05, 3.63) is 26.8 Å². The zero-order valence-electron chi connectivity index (χ0n) is 10.4. The lowest BCUT2D eigenvalue weighted by atomic mass is 10.1. The fourth-order valence-electron chi connectivity index (χ4n) is 1.76. The van der Waals surface area contributed by atoms with Gasteiger partial charge in [0, 0.05) is 20.8 Å². The van der Waals surface area contributed by atoms with E-state index in [2.05, 4.69) is 40.9 Å². The highest BCUT2D eigenvalue weighted by atomic mass is 127. The smallest absolute Gasteiger partial charge is 0.0476 e. The molecule has 96 valence electrons. The second kappa shape index (κ2) is 9.03. The average molecular weight is 366 g/mol. The number of halogens is 2. The molecule has 0 spiro atoms. The van der Waals surface area contributed by atoms with Gasteiger partial charge < -0.3 is 5.32 Å². The Kier molecular flexibility index (Phi) is 8.02. The van der Waals surface area contributed by atoms with E-state index in [1.807, 2.05) is 12.1 Å². The standard InChI is InChI=1S/C14H21ClIN/c1-2-3-4-5-6-7-10-17-14-9-8-12(15)11-13(14)16/h8-9,11,17H,2-7,10H2,1H3. The van der Waals surface area contributed by atoms with Gasteiger partial charge in [-0.2, -0.15) is 0 Å². The second-order valence-corrected chi connectivity index (χ2v) is 5.92. The molecule has 0 unspecified atom stereocenters. The van der Waals surface area contributed by atoms with Crippen molar-refractivity contribution in [1.82, 2.24) is 0 Å².